The number of para-hydroxylation sites is 1. The van der Waals surface area contributed by atoms with Crippen LogP contribution in [0.3, 0.4) is 0 Å². The fraction of sp³-hybridized carbons (Fsp3) is 0.423. The lowest BCUT2D eigenvalue weighted by Crippen LogP contribution is -2.51. The van der Waals surface area contributed by atoms with Crippen LogP contribution in [-0.2, 0) is 20.9 Å². The number of anilines is 1. The van der Waals surface area contributed by atoms with E-state index in [1.54, 1.807) is 13.2 Å². The fourth-order valence-electron chi connectivity index (χ4n) is 4.46. The molecule has 10 heteroatoms. The molecule has 4 rings (SSSR count). The molecule has 2 N–H and O–H groups in total. The van der Waals surface area contributed by atoms with Crippen molar-refractivity contribution >= 4 is 23.5 Å². The van der Waals surface area contributed by atoms with Crippen molar-refractivity contribution in [2.24, 2.45) is 5.92 Å². The molecule has 1 amide bonds. The van der Waals surface area contributed by atoms with Gasteiger partial charge in [0.25, 0.3) is 0 Å². The molecule has 0 radical (unpaired) electrons. The molecule has 0 spiro atoms. The summed E-state index contributed by atoms with van der Waals surface area (Å²) < 4.78 is 19.2. The summed E-state index contributed by atoms with van der Waals surface area (Å²) in [5.41, 5.74) is 1.90. The van der Waals surface area contributed by atoms with E-state index in [-0.39, 0.29) is 17.6 Å². The van der Waals surface area contributed by atoms with Crippen LogP contribution in [0.25, 0.3) is 0 Å². The van der Waals surface area contributed by atoms with E-state index in [1.807, 2.05) is 34.1 Å². The lowest BCUT2D eigenvalue weighted by Gasteiger charge is -2.39. The second-order valence-electron chi connectivity index (χ2n) is 8.77. The van der Waals surface area contributed by atoms with Crippen LogP contribution in [0.2, 0.25) is 0 Å². The van der Waals surface area contributed by atoms with Gasteiger partial charge in [0.2, 0.25) is 5.91 Å². The van der Waals surface area contributed by atoms with Crippen molar-refractivity contribution in [3.05, 3.63) is 59.9 Å². The quantitative estimate of drug-likeness (QED) is 0.602. The molecule has 9 nitrogen and oxygen atoms in total. The van der Waals surface area contributed by atoms with Gasteiger partial charge >= 0.3 is 11.9 Å². The average Bonchev–Trinajstić information content (AvgIpc) is 2.90. The van der Waals surface area contributed by atoms with E-state index in [4.69, 9.17) is 24.5 Å². The molecule has 2 aromatic rings. The van der Waals surface area contributed by atoms with Crippen LogP contribution in [0.1, 0.15) is 18.4 Å². The molecule has 36 heavy (non-hydrogen) atoms. The van der Waals surface area contributed by atoms with Crippen LogP contribution in [-0.4, -0.2) is 84.2 Å². The molecule has 0 saturated carbocycles. The molecule has 2 fully saturated rings. The number of likely N-dealkylation sites (tertiary alicyclic amines) is 1. The number of nitrogens with zero attached hydrogens (tertiary/aromatic N) is 3. The number of carboxylic acid groups (broad SMARTS) is 2. The molecule has 0 aliphatic carbocycles. The summed E-state index contributed by atoms with van der Waals surface area (Å²) in [5, 5.41) is 14.8. The third-order valence-electron chi connectivity index (χ3n) is 6.47. The number of piperazine rings is 1. The van der Waals surface area contributed by atoms with Gasteiger partial charge in [0.15, 0.2) is 0 Å². The Balaban J connectivity index is 0.000000538. The maximum atomic E-state index is 14.0. The summed E-state index contributed by atoms with van der Waals surface area (Å²) in [6.07, 6.45) is 1.81. The molecule has 2 aromatic carbocycles. The number of ether oxygens (including phenoxy) is 1. The topological polar surface area (TPSA) is 111 Å². The van der Waals surface area contributed by atoms with E-state index in [2.05, 4.69) is 17.0 Å². The smallest absolute Gasteiger partial charge is 0.414 e. The fourth-order valence-corrected chi connectivity index (χ4v) is 4.46. The van der Waals surface area contributed by atoms with Gasteiger partial charge in [-0.15, -0.1) is 0 Å². The van der Waals surface area contributed by atoms with Gasteiger partial charge in [0.05, 0.1) is 12.8 Å². The van der Waals surface area contributed by atoms with Gasteiger partial charge in [-0.2, -0.15) is 0 Å². The molecule has 2 aliphatic rings. The number of rotatable bonds is 5. The molecule has 0 atom stereocenters. The molecule has 0 unspecified atom stereocenters. The Hall–Kier alpha value is -3.66. The zero-order chi connectivity index (χ0) is 26.1. The number of benzene rings is 2. The summed E-state index contributed by atoms with van der Waals surface area (Å²) in [4.78, 5) is 37.6. The minimum absolute atomic E-state index is 0.108. The largest absolute Gasteiger partial charge is 0.497 e. The van der Waals surface area contributed by atoms with Crippen molar-refractivity contribution in [2.45, 2.75) is 19.4 Å². The van der Waals surface area contributed by atoms with Crippen LogP contribution in [0.15, 0.2) is 48.5 Å². The van der Waals surface area contributed by atoms with Gasteiger partial charge in [-0.25, -0.2) is 14.0 Å². The number of methoxy groups -OCH3 is 1. The van der Waals surface area contributed by atoms with Crippen LogP contribution >= 0.6 is 0 Å². The summed E-state index contributed by atoms with van der Waals surface area (Å²) in [7, 11) is 1.68. The highest BCUT2D eigenvalue weighted by Gasteiger charge is 2.30. The van der Waals surface area contributed by atoms with Crippen molar-refractivity contribution in [2.75, 3.05) is 51.3 Å². The van der Waals surface area contributed by atoms with E-state index < -0.39 is 11.9 Å². The molecular weight excluding hydrogens is 469 g/mol. The van der Waals surface area contributed by atoms with Crippen molar-refractivity contribution in [1.29, 1.82) is 0 Å². The summed E-state index contributed by atoms with van der Waals surface area (Å²) >= 11 is 0. The van der Waals surface area contributed by atoms with E-state index >= 15 is 0 Å². The van der Waals surface area contributed by atoms with Gasteiger partial charge in [-0.3, -0.25) is 9.69 Å². The second-order valence-corrected chi connectivity index (χ2v) is 8.77. The SMILES string of the molecule is COc1ccc(CN2CCC(C(=O)N3CCN(c4ccccc4F)CC3)CC2)cc1.O=C(O)C(=O)O. The molecular formula is C26H32FN3O6. The Morgan fingerprint density at radius 2 is 1.47 bits per heavy atom. The first-order chi connectivity index (χ1) is 17.3. The molecule has 2 aliphatic heterocycles. The van der Waals surface area contributed by atoms with E-state index in [1.165, 1.54) is 11.6 Å². The lowest BCUT2D eigenvalue weighted by atomic mass is 9.94. The number of hydrogen-bond donors (Lipinski definition) is 2. The minimum atomic E-state index is -1.82. The summed E-state index contributed by atoms with van der Waals surface area (Å²) in [6.45, 7) is 5.49. The number of halogens is 1. The Morgan fingerprint density at radius 3 is 2.00 bits per heavy atom. The maximum Gasteiger partial charge on any atom is 0.414 e. The second kappa shape index (κ2) is 12.9. The molecule has 2 heterocycles. The Labute approximate surface area is 209 Å². The normalized spacial score (nSPS) is 16.6. The zero-order valence-corrected chi connectivity index (χ0v) is 20.3. The Morgan fingerprint density at radius 1 is 0.889 bits per heavy atom. The van der Waals surface area contributed by atoms with E-state index in [0.29, 0.717) is 31.9 Å². The Kier molecular flexibility index (Phi) is 9.63. The number of aliphatic carboxylic acids is 2. The van der Waals surface area contributed by atoms with Crippen molar-refractivity contribution in [3.63, 3.8) is 0 Å². The highest BCUT2D eigenvalue weighted by Crippen LogP contribution is 2.24. The predicted octanol–water partition coefficient (Wildman–Crippen LogP) is 2.55. The summed E-state index contributed by atoms with van der Waals surface area (Å²) in [5.74, 6) is -2.59. The van der Waals surface area contributed by atoms with Crippen LogP contribution in [0.4, 0.5) is 10.1 Å². The first-order valence-corrected chi connectivity index (χ1v) is 11.9. The predicted molar refractivity (Wildman–Crippen MR) is 131 cm³/mol. The van der Waals surface area contributed by atoms with Gasteiger partial charge in [-0.05, 0) is 55.8 Å². The average molecular weight is 502 g/mol. The van der Waals surface area contributed by atoms with E-state index in [0.717, 1.165) is 38.2 Å². The van der Waals surface area contributed by atoms with Gasteiger partial charge < -0.3 is 24.7 Å². The monoisotopic (exact) mass is 501 g/mol. The van der Waals surface area contributed by atoms with Gasteiger partial charge in [0.1, 0.15) is 11.6 Å². The molecule has 0 bridgehead atoms. The first-order valence-electron chi connectivity index (χ1n) is 11.9. The van der Waals surface area contributed by atoms with Crippen molar-refractivity contribution in [3.8, 4) is 5.75 Å². The standard InChI is InChI=1S/C24H30FN3O2.C2H2O4/c1-30-21-8-6-19(7-9-21)18-26-12-10-20(11-13-26)24(29)28-16-14-27(15-17-28)23-5-3-2-4-22(23)25;3-1(4)2(5)6/h2-9,20H,10-18H2,1H3;(H,3,4)(H,5,6). The third kappa shape index (κ3) is 7.42. The minimum Gasteiger partial charge on any atom is -0.497 e. The van der Waals surface area contributed by atoms with E-state index in [9.17, 15) is 9.18 Å². The highest BCUT2D eigenvalue weighted by molar-refractivity contribution is 6.27. The number of hydrogen-bond acceptors (Lipinski definition) is 6. The number of carboxylic acids is 2. The number of carbonyl (C=O) groups excluding carboxylic acids is 1. The Bertz CT molecular complexity index is 1020. The summed E-state index contributed by atoms with van der Waals surface area (Å²) in [6, 6.07) is 15.1. The number of carbonyl (C=O) groups is 3. The van der Waals surface area contributed by atoms with Crippen LogP contribution < -0.4 is 9.64 Å². The van der Waals surface area contributed by atoms with Gasteiger partial charge in [-0.1, -0.05) is 24.3 Å². The molecule has 194 valence electrons. The third-order valence-corrected chi connectivity index (χ3v) is 6.47. The first kappa shape index (κ1) is 26.9. The molecule has 0 aromatic heterocycles. The van der Waals surface area contributed by atoms with Crippen molar-refractivity contribution in [1.82, 2.24) is 9.80 Å². The van der Waals surface area contributed by atoms with Crippen LogP contribution in [0, 0.1) is 11.7 Å². The zero-order valence-electron chi connectivity index (χ0n) is 20.3. The van der Waals surface area contributed by atoms with Gasteiger partial charge in [0, 0.05) is 38.6 Å². The highest BCUT2D eigenvalue weighted by atomic mass is 19.1. The maximum absolute atomic E-state index is 14.0. The number of amides is 1. The lowest BCUT2D eigenvalue weighted by molar-refractivity contribution is -0.159. The van der Waals surface area contributed by atoms with Crippen molar-refractivity contribution < 1.29 is 33.7 Å². The van der Waals surface area contributed by atoms with Crippen LogP contribution in [0.5, 0.6) is 5.75 Å². The number of piperidine rings is 1. The molecule has 2 saturated heterocycles.